The first-order chi connectivity index (χ1) is 9.85. The molecule has 0 spiro atoms. The van der Waals surface area contributed by atoms with Gasteiger partial charge in [-0.3, -0.25) is 0 Å². The van der Waals surface area contributed by atoms with Gasteiger partial charge in [0.1, 0.15) is 0 Å². The van der Waals surface area contributed by atoms with Gasteiger partial charge in [-0.15, -0.1) is 0 Å². The second kappa shape index (κ2) is 17.0. The van der Waals surface area contributed by atoms with E-state index >= 15 is 0 Å². The Morgan fingerprint density at radius 3 is 1.40 bits per heavy atom. The minimum Gasteiger partial charge on any atom is -0.330 e. The van der Waals surface area contributed by atoms with Gasteiger partial charge in [0, 0.05) is 0 Å². The zero-order valence-electron chi connectivity index (χ0n) is 14.0. The van der Waals surface area contributed by atoms with E-state index in [1.807, 2.05) is 0 Å². The Hall–Kier alpha value is -0.0800. The third-order valence-corrected chi connectivity index (χ3v) is 4.35. The highest BCUT2D eigenvalue weighted by molar-refractivity contribution is 4.61. The van der Waals surface area contributed by atoms with Gasteiger partial charge in [0.2, 0.25) is 0 Å². The van der Waals surface area contributed by atoms with Gasteiger partial charge < -0.3 is 11.5 Å². The van der Waals surface area contributed by atoms with E-state index in [1.165, 1.54) is 89.9 Å². The summed E-state index contributed by atoms with van der Waals surface area (Å²) in [7, 11) is 0. The molecule has 0 aromatic heterocycles. The van der Waals surface area contributed by atoms with Crippen LogP contribution in [0.4, 0.5) is 0 Å². The molecule has 0 aliphatic heterocycles. The minimum absolute atomic E-state index is 0.844. The van der Waals surface area contributed by atoms with E-state index in [9.17, 15) is 0 Å². The van der Waals surface area contributed by atoms with Gasteiger partial charge in [0.25, 0.3) is 0 Å². The number of rotatable bonds is 16. The molecular weight excluding hydrogens is 244 g/mol. The molecule has 0 atom stereocenters. The highest BCUT2D eigenvalue weighted by Crippen LogP contribution is 2.21. The van der Waals surface area contributed by atoms with Gasteiger partial charge in [0.05, 0.1) is 0 Å². The lowest BCUT2D eigenvalue weighted by atomic mass is 9.91. The topological polar surface area (TPSA) is 52.0 Å². The van der Waals surface area contributed by atoms with Crippen molar-refractivity contribution in [3.05, 3.63) is 0 Å². The van der Waals surface area contributed by atoms with Crippen molar-refractivity contribution >= 4 is 0 Å². The van der Waals surface area contributed by atoms with Crippen molar-refractivity contribution in [2.45, 2.75) is 96.8 Å². The fourth-order valence-electron chi connectivity index (χ4n) is 2.99. The predicted molar refractivity (Wildman–Crippen MR) is 91.9 cm³/mol. The molecule has 0 aromatic carbocycles. The first kappa shape index (κ1) is 19.9. The van der Waals surface area contributed by atoms with Crippen molar-refractivity contribution in [2.75, 3.05) is 13.1 Å². The maximum atomic E-state index is 5.63. The zero-order valence-corrected chi connectivity index (χ0v) is 14.0. The first-order valence-corrected chi connectivity index (χ1v) is 9.25. The van der Waals surface area contributed by atoms with E-state index in [0.29, 0.717) is 0 Å². The van der Waals surface area contributed by atoms with E-state index in [0.717, 1.165) is 19.0 Å². The van der Waals surface area contributed by atoms with Crippen molar-refractivity contribution < 1.29 is 0 Å². The van der Waals surface area contributed by atoms with E-state index in [1.54, 1.807) is 0 Å². The van der Waals surface area contributed by atoms with Crippen LogP contribution in [0.3, 0.4) is 0 Å². The SMILES string of the molecule is CCCCCCCCCCCC(CCCN)CCCN. The standard InChI is InChI=1S/C18H40N2/c1-2-3-4-5-6-7-8-9-10-13-18(14-11-16-19)15-12-17-20/h18H,2-17,19-20H2,1H3. The molecule has 0 aromatic rings. The molecule has 2 nitrogen and oxygen atoms in total. The van der Waals surface area contributed by atoms with Crippen LogP contribution >= 0.6 is 0 Å². The summed E-state index contributed by atoms with van der Waals surface area (Å²) in [5, 5.41) is 0. The van der Waals surface area contributed by atoms with Crippen LogP contribution < -0.4 is 11.5 Å². The molecule has 0 saturated heterocycles. The van der Waals surface area contributed by atoms with Gasteiger partial charge in [-0.1, -0.05) is 71.1 Å². The molecule has 0 aliphatic rings. The van der Waals surface area contributed by atoms with Gasteiger partial charge >= 0.3 is 0 Å². The molecule has 0 heterocycles. The first-order valence-electron chi connectivity index (χ1n) is 9.25. The smallest absolute Gasteiger partial charge is 0.00772 e. The van der Waals surface area contributed by atoms with Gasteiger partial charge in [-0.25, -0.2) is 0 Å². The van der Waals surface area contributed by atoms with Crippen molar-refractivity contribution in [1.29, 1.82) is 0 Å². The van der Waals surface area contributed by atoms with Crippen LogP contribution in [0.25, 0.3) is 0 Å². The van der Waals surface area contributed by atoms with Crippen molar-refractivity contribution in [3.63, 3.8) is 0 Å². The highest BCUT2D eigenvalue weighted by Gasteiger charge is 2.07. The maximum Gasteiger partial charge on any atom is -0.00772 e. The average molecular weight is 285 g/mol. The Balaban J connectivity index is 3.38. The summed E-state index contributed by atoms with van der Waals surface area (Å²) in [5.74, 6) is 0.881. The third kappa shape index (κ3) is 14.3. The molecule has 0 radical (unpaired) electrons. The average Bonchev–Trinajstić information content (AvgIpc) is 2.47. The number of hydrogen-bond donors (Lipinski definition) is 2. The Bertz CT molecular complexity index is 163. The predicted octanol–water partition coefficient (Wildman–Crippen LogP) is 5.00. The fraction of sp³-hybridized carbons (Fsp3) is 1.00. The lowest BCUT2D eigenvalue weighted by Gasteiger charge is -2.16. The fourth-order valence-corrected chi connectivity index (χ4v) is 2.99. The zero-order chi connectivity index (χ0) is 14.9. The van der Waals surface area contributed by atoms with Gasteiger partial charge in [0.15, 0.2) is 0 Å². The third-order valence-electron chi connectivity index (χ3n) is 4.35. The molecular formula is C18H40N2. The molecule has 4 N–H and O–H groups in total. The number of nitrogens with two attached hydrogens (primary N) is 2. The molecule has 0 fully saturated rings. The molecule has 0 rings (SSSR count). The second-order valence-corrected chi connectivity index (χ2v) is 6.34. The summed E-state index contributed by atoms with van der Waals surface area (Å²) in [6.07, 6.45) is 19.2. The van der Waals surface area contributed by atoms with Gasteiger partial charge in [-0.2, -0.15) is 0 Å². The van der Waals surface area contributed by atoms with Crippen molar-refractivity contribution in [3.8, 4) is 0 Å². The van der Waals surface area contributed by atoms with E-state index in [4.69, 9.17) is 11.5 Å². The van der Waals surface area contributed by atoms with E-state index in [-0.39, 0.29) is 0 Å². The highest BCUT2D eigenvalue weighted by atomic mass is 14.5. The second-order valence-electron chi connectivity index (χ2n) is 6.34. The quantitative estimate of drug-likeness (QED) is 0.392. The van der Waals surface area contributed by atoms with Gasteiger partial charge in [-0.05, 0) is 44.7 Å². The lowest BCUT2D eigenvalue weighted by molar-refractivity contribution is 0.383. The van der Waals surface area contributed by atoms with Crippen LogP contribution in [-0.4, -0.2) is 13.1 Å². The van der Waals surface area contributed by atoms with Crippen molar-refractivity contribution in [2.24, 2.45) is 17.4 Å². The Morgan fingerprint density at radius 2 is 0.950 bits per heavy atom. The monoisotopic (exact) mass is 284 g/mol. The largest absolute Gasteiger partial charge is 0.330 e. The molecule has 0 saturated carbocycles. The Morgan fingerprint density at radius 1 is 0.550 bits per heavy atom. The summed E-state index contributed by atoms with van der Waals surface area (Å²) in [4.78, 5) is 0. The lowest BCUT2D eigenvalue weighted by Crippen LogP contribution is -2.08. The van der Waals surface area contributed by atoms with Crippen LogP contribution in [0.2, 0.25) is 0 Å². The van der Waals surface area contributed by atoms with Crippen LogP contribution in [0.5, 0.6) is 0 Å². The summed E-state index contributed by atoms with van der Waals surface area (Å²) < 4.78 is 0. The molecule has 20 heavy (non-hydrogen) atoms. The molecule has 0 amide bonds. The normalized spacial score (nSPS) is 11.4. The van der Waals surface area contributed by atoms with Crippen LogP contribution in [0, 0.1) is 5.92 Å². The number of hydrogen-bond acceptors (Lipinski definition) is 2. The molecule has 0 unspecified atom stereocenters. The molecule has 0 aliphatic carbocycles. The summed E-state index contributed by atoms with van der Waals surface area (Å²) >= 11 is 0. The molecule has 2 heteroatoms. The molecule has 0 bridgehead atoms. The Kier molecular flexibility index (Phi) is 16.9. The number of unbranched alkanes of at least 4 members (excludes halogenated alkanes) is 8. The van der Waals surface area contributed by atoms with E-state index < -0.39 is 0 Å². The molecule has 122 valence electrons. The summed E-state index contributed by atoms with van der Waals surface area (Å²) in [6.45, 7) is 3.97. The van der Waals surface area contributed by atoms with Crippen LogP contribution in [0.15, 0.2) is 0 Å². The Labute approximate surface area is 128 Å². The van der Waals surface area contributed by atoms with Crippen LogP contribution in [-0.2, 0) is 0 Å². The van der Waals surface area contributed by atoms with Crippen molar-refractivity contribution in [1.82, 2.24) is 0 Å². The summed E-state index contributed by atoms with van der Waals surface area (Å²) in [6, 6.07) is 0. The van der Waals surface area contributed by atoms with Crippen LogP contribution in [0.1, 0.15) is 96.8 Å². The van der Waals surface area contributed by atoms with E-state index in [2.05, 4.69) is 6.92 Å². The minimum atomic E-state index is 0.844. The maximum absolute atomic E-state index is 5.63. The summed E-state index contributed by atoms with van der Waals surface area (Å²) in [5.41, 5.74) is 11.3.